The summed E-state index contributed by atoms with van der Waals surface area (Å²) in [6.07, 6.45) is 3.85. The Labute approximate surface area is 139 Å². The van der Waals surface area contributed by atoms with Crippen molar-refractivity contribution in [1.29, 1.82) is 0 Å². The number of benzene rings is 3. The second-order valence-corrected chi connectivity index (χ2v) is 6.30. The van der Waals surface area contributed by atoms with Crippen LogP contribution in [0.1, 0.15) is 0 Å². The molecule has 0 saturated heterocycles. The van der Waals surface area contributed by atoms with E-state index in [9.17, 15) is 10.2 Å². The fourth-order valence-electron chi connectivity index (χ4n) is 3.95. The second-order valence-electron chi connectivity index (χ2n) is 6.30. The first kappa shape index (κ1) is 12.8. The number of hydrogen-bond donors (Lipinski definition) is 3. The SMILES string of the molecule is Oc1ccc2c(c1O)=c1c(c3c(c4c[nH]cc14)=c1ccccc1=N3)N=2. The maximum absolute atomic E-state index is 10.4. The van der Waals surface area contributed by atoms with E-state index in [1.165, 1.54) is 6.07 Å². The van der Waals surface area contributed by atoms with Gasteiger partial charge in [-0.15, -0.1) is 0 Å². The molecular formula is C20H11N3O2. The largest absolute Gasteiger partial charge is 0.504 e. The monoisotopic (exact) mass is 325 g/mol. The number of aromatic hydroxyl groups is 2. The van der Waals surface area contributed by atoms with Gasteiger partial charge in [-0.1, -0.05) is 18.2 Å². The first-order chi connectivity index (χ1) is 12.2. The maximum atomic E-state index is 10.4. The van der Waals surface area contributed by atoms with Crippen LogP contribution >= 0.6 is 0 Å². The predicted octanol–water partition coefficient (Wildman–Crippen LogP) is 2.68. The molecule has 0 radical (unpaired) electrons. The van der Waals surface area contributed by atoms with E-state index < -0.39 is 0 Å². The molecule has 0 bridgehead atoms. The van der Waals surface area contributed by atoms with E-state index in [4.69, 9.17) is 9.98 Å². The molecule has 0 spiro atoms. The van der Waals surface area contributed by atoms with Gasteiger partial charge >= 0.3 is 0 Å². The van der Waals surface area contributed by atoms with Gasteiger partial charge in [0.05, 0.1) is 27.3 Å². The summed E-state index contributed by atoms with van der Waals surface area (Å²) >= 11 is 0. The van der Waals surface area contributed by atoms with Crippen LogP contribution in [0.3, 0.4) is 0 Å². The van der Waals surface area contributed by atoms with Crippen molar-refractivity contribution >= 4 is 22.1 Å². The quantitative estimate of drug-likeness (QED) is 0.375. The number of hydrogen-bond acceptors (Lipinski definition) is 4. The molecule has 3 heterocycles. The van der Waals surface area contributed by atoms with Crippen LogP contribution < -0.4 is 10.7 Å². The van der Waals surface area contributed by atoms with Gasteiger partial charge in [-0.2, -0.15) is 0 Å². The molecular weight excluding hydrogens is 314 g/mol. The van der Waals surface area contributed by atoms with Gasteiger partial charge in [-0.05, 0) is 18.2 Å². The highest BCUT2D eigenvalue weighted by molar-refractivity contribution is 5.93. The Kier molecular flexibility index (Phi) is 2.08. The zero-order valence-electron chi connectivity index (χ0n) is 12.9. The molecule has 5 nitrogen and oxygen atoms in total. The predicted molar refractivity (Wildman–Crippen MR) is 91.5 cm³/mol. The lowest BCUT2D eigenvalue weighted by molar-refractivity contribution is 0.400. The normalized spacial score (nSPS) is 13.0. The number of fused-ring (bicyclic) bond motifs is 8. The summed E-state index contributed by atoms with van der Waals surface area (Å²) in [5.41, 5.74) is 1.56. The van der Waals surface area contributed by atoms with Gasteiger partial charge in [-0.3, -0.25) is 0 Å². The number of rotatable bonds is 0. The number of H-pyrrole nitrogens is 1. The number of aromatic amines is 1. The Hall–Kier alpha value is -3.60. The van der Waals surface area contributed by atoms with Crippen molar-refractivity contribution < 1.29 is 10.2 Å². The first-order valence-electron chi connectivity index (χ1n) is 7.98. The van der Waals surface area contributed by atoms with Crippen LogP contribution in [0, 0.1) is 20.9 Å². The van der Waals surface area contributed by atoms with Crippen molar-refractivity contribution in [3.8, 4) is 11.5 Å². The Morgan fingerprint density at radius 1 is 0.720 bits per heavy atom. The molecule has 5 heteroatoms. The lowest BCUT2D eigenvalue weighted by Gasteiger charge is -2.01. The van der Waals surface area contributed by atoms with Crippen LogP contribution in [0.5, 0.6) is 11.5 Å². The number of phenols is 2. The van der Waals surface area contributed by atoms with Gasteiger partial charge in [-0.25, -0.2) is 9.98 Å². The van der Waals surface area contributed by atoms with E-state index >= 15 is 0 Å². The Morgan fingerprint density at radius 3 is 2.32 bits per heavy atom. The molecule has 25 heavy (non-hydrogen) atoms. The molecule has 2 aliphatic heterocycles. The Bertz CT molecular complexity index is 1570. The second kappa shape index (κ2) is 4.08. The highest BCUT2D eigenvalue weighted by Gasteiger charge is 2.21. The van der Waals surface area contributed by atoms with Gasteiger partial charge in [0.25, 0.3) is 0 Å². The minimum atomic E-state index is -0.147. The number of para-hydroxylation sites is 1. The summed E-state index contributed by atoms with van der Waals surface area (Å²) in [6.45, 7) is 0. The number of phenolic OH excluding ortho intramolecular Hbond substituents is 2. The van der Waals surface area contributed by atoms with Crippen molar-refractivity contribution in [1.82, 2.24) is 4.98 Å². The van der Waals surface area contributed by atoms with Crippen LogP contribution in [0.15, 0.2) is 58.8 Å². The highest BCUT2D eigenvalue weighted by atomic mass is 16.3. The van der Waals surface area contributed by atoms with E-state index in [2.05, 4.69) is 11.1 Å². The maximum Gasteiger partial charge on any atom is 0.167 e. The lowest BCUT2D eigenvalue weighted by atomic mass is 10.0. The topological polar surface area (TPSA) is 81.0 Å². The summed E-state index contributed by atoms with van der Waals surface area (Å²) in [5.74, 6) is -0.288. The van der Waals surface area contributed by atoms with Crippen LogP contribution in [-0.2, 0) is 0 Å². The molecule has 0 saturated carbocycles. The summed E-state index contributed by atoms with van der Waals surface area (Å²) < 4.78 is 0. The van der Waals surface area contributed by atoms with E-state index in [0.29, 0.717) is 10.6 Å². The minimum absolute atomic E-state index is 0.141. The van der Waals surface area contributed by atoms with Crippen LogP contribution in [0.25, 0.3) is 10.8 Å². The fraction of sp³-hybridized carbons (Fsp3) is 0. The van der Waals surface area contributed by atoms with E-state index in [0.717, 1.165) is 43.2 Å². The molecule has 0 aliphatic carbocycles. The van der Waals surface area contributed by atoms with Crippen molar-refractivity contribution in [3.05, 3.63) is 80.4 Å². The first-order valence-corrected chi connectivity index (χ1v) is 7.98. The Balaban J connectivity index is 2.07. The molecule has 0 unspecified atom stereocenters. The molecule has 3 N–H and O–H groups in total. The Morgan fingerprint density at radius 2 is 1.44 bits per heavy atom. The molecule has 1 aromatic heterocycles. The molecule has 6 rings (SSSR count). The summed E-state index contributed by atoms with van der Waals surface area (Å²) in [5, 5.41) is 27.5. The van der Waals surface area contributed by atoms with Gasteiger partial charge in [0, 0.05) is 38.8 Å². The highest BCUT2D eigenvalue weighted by Crippen LogP contribution is 2.41. The molecule has 0 atom stereocenters. The van der Waals surface area contributed by atoms with Gasteiger partial charge in [0.15, 0.2) is 11.5 Å². The van der Waals surface area contributed by atoms with E-state index in [1.807, 2.05) is 30.6 Å². The molecule has 3 aromatic carbocycles. The van der Waals surface area contributed by atoms with Gasteiger partial charge < -0.3 is 15.2 Å². The van der Waals surface area contributed by atoms with Crippen molar-refractivity contribution in [2.45, 2.75) is 0 Å². The number of aromatic nitrogens is 1. The lowest BCUT2D eigenvalue weighted by Crippen LogP contribution is -1.99. The van der Waals surface area contributed by atoms with Gasteiger partial charge in [0.2, 0.25) is 0 Å². The molecule has 0 fully saturated rings. The minimum Gasteiger partial charge on any atom is -0.504 e. The third kappa shape index (κ3) is 1.39. The number of nitrogens with zero attached hydrogens (tertiary/aromatic N) is 2. The third-order valence-corrected chi connectivity index (χ3v) is 5.00. The number of nitrogens with one attached hydrogen (secondary N) is 1. The standard InChI is InChI=1S/C20H11N3O2/c24-14-6-5-13-17(20(14)25)16-11-8-21-7-10(11)15-9-3-1-2-4-12(9)22-18(15)19(16)23-13/h1-8,21,24-25H. The third-order valence-electron chi connectivity index (χ3n) is 5.00. The molecule has 0 amide bonds. The van der Waals surface area contributed by atoms with E-state index in [1.54, 1.807) is 6.07 Å². The van der Waals surface area contributed by atoms with Crippen LogP contribution in [-0.4, -0.2) is 15.2 Å². The molecule has 118 valence electrons. The van der Waals surface area contributed by atoms with Crippen molar-refractivity contribution in [3.63, 3.8) is 0 Å². The van der Waals surface area contributed by atoms with Crippen LogP contribution in [0.4, 0.5) is 11.4 Å². The zero-order chi connectivity index (χ0) is 16.7. The summed E-state index contributed by atoms with van der Waals surface area (Å²) in [6, 6.07) is 11.2. The van der Waals surface area contributed by atoms with E-state index in [-0.39, 0.29) is 11.5 Å². The molecule has 2 aliphatic rings. The van der Waals surface area contributed by atoms with Crippen molar-refractivity contribution in [2.24, 2.45) is 9.98 Å². The summed E-state index contributed by atoms with van der Waals surface area (Å²) in [7, 11) is 0. The average Bonchev–Trinajstić information content (AvgIpc) is 3.31. The zero-order valence-corrected chi connectivity index (χ0v) is 12.9. The average molecular weight is 325 g/mol. The van der Waals surface area contributed by atoms with Gasteiger partial charge in [0.1, 0.15) is 0 Å². The molecule has 4 aromatic rings. The van der Waals surface area contributed by atoms with Crippen molar-refractivity contribution in [2.75, 3.05) is 0 Å². The fourth-order valence-corrected chi connectivity index (χ4v) is 3.95. The summed E-state index contributed by atoms with van der Waals surface area (Å²) in [4.78, 5) is 12.7. The smallest absolute Gasteiger partial charge is 0.167 e. The van der Waals surface area contributed by atoms with Crippen LogP contribution in [0.2, 0.25) is 0 Å².